The molecule has 0 saturated heterocycles. The third-order valence-corrected chi connectivity index (χ3v) is 4.62. The van der Waals surface area contributed by atoms with Gasteiger partial charge in [0.25, 0.3) is 0 Å². The van der Waals surface area contributed by atoms with E-state index in [-0.39, 0.29) is 5.78 Å². The molecule has 2 rings (SSSR count). The number of hydrogen-bond acceptors (Lipinski definition) is 5. The molecular weight excluding hydrogens is 344 g/mol. The number of carbonyl (C=O) groups is 1. The summed E-state index contributed by atoms with van der Waals surface area (Å²) in [5.41, 5.74) is 0.688. The normalized spacial score (nSPS) is 15.6. The van der Waals surface area contributed by atoms with E-state index < -0.39 is 0 Å². The Morgan fingerprint density at radius 2 is 1.37 bits per heavy atom. The van der Waals surface area contributed by atoms with Crippen LogP contribution in [0.3, 0.4) is 0 Å². The Balaban J connectivity index is 1.83. The molecule has 1 aromatic carbocycles. The van der Waals surface area contributed by atoms with Crippen molar-refractivity contribution in [2.75, 3.05) is 39.6 Å². The minimum absolute atomic E-state index is 0.167. The summed E-state index contributed by atoms with van der Waals surface area (Å²) in [5, 5.41) is 0. The quantitative estimate of drug-likeness (QED) is 0.456. The molecule has 5 heteroatoms. The lowest BCUT2D eigenvalue weighted by Crippen LogP contribution is -2.16. The molecule has 27 heavy (non-hydrogen) atoms. The van der Waals surface area contributed by atoms with Crippen molar-refractivity contribution in [1.29, 1.82) is 0 Å². The number of rotatable bonds is 9. The summed E-state index contributed by atoms with van der Waals surface area (Å²) in [6.07, 6.45) is 9.04. The highest BCUT2D eigenvalue weighted by Crippen LogP contribution is 2.29. The fourth-order valence-corrected chi connectivity index (χ4v) is 3.04. The number of unbranched alkanes of at least 4 members (excludes halogenated alkanes) is 6. The Hall–Kier alpha value is -1.59. The van der Waals surface area contributed by atoms with E-state index in [9.17, 15) is 4.79 Å². The van der Waals surface area contributed by atoms with Crippen LogP contribution in [-0.2, 0) is 9.47 Å². The monoisotopic (exact) mass is 378 g/mol. The first-order valence-electron chi connectivity index (χ1n) is 10.4. The van der Waals surface area contributed by atoms with Gasteiger partial charge in [0.15, 0.2) is 17.3 Å². The number of ether oxygens (including phenoxy) is 4. The maximum Gasteiger partial charge on any atom is 0.163 e. The summed E-state index contributed by atoms with van der Waals surface area (Å²) in [6, 6.07) is 5.44. The van der Waals surface area contributed by atoms with Gasteiger partial charge in [-0.05, 0) is 24.6 Å². The van der Waals surface area contributed by atoms with Gasteiger partial charge in [0.05, 0.1) is 26.4 Å². The fourth-order valence-electron chi connectivity index (χ4n) is 3.04. The molecule has 0 saturated carbocycles. The largest absolute Gasteiger partial charge is 0.487 e. The van der Waals surface area contributed by atoms with E-state index in [2.05, 4.69) is 6.92 Å². The third kappa shape index (κ3) is 8.76. The molecule has 0 radical (unpaired) electrons. The van der Waals surface area contributed by atoms with Gasteiger partial charge in [-0.3, -0.25) is 4.79 Å². The Bertz CT molecular complexity index is 544. The maximum absolute atomic E-state index is 12.5. The molecule has 0 fully saturated rings. The van der Waals surface area contributed by atoms with E-state index in [1.807, 2.05) is 12.1 Å². The van der Waals surface area contributed by atoms with Gasteiger partial charge in [-0.1, -0.05) is 45.4 Å². The zero-order valence-electron chi connectivity index (χ0n) is 16.7. The molecule has 1 aliphatic rings. The predicted molar refractivity (Wildman–Crippen MR) is 106 cm³/mol. The van der Waals surface area contributed by atoms with Gasteiger partial charge in [0.2, 0.25) is 0 Å². The molecule has 0 aliphatic carbocycles. The van der Waals surface area contributed by atoms with Crippen LogP contribution in [0.15, 0.2) is 18.2 Å². The van der Waals surface area contributed by atoms with Crippen LogP contribution >= 0.6 is 0 Å². The summed E-state index contributed by atoms with van der Waals surface area (Å²) >= 11 is 0. The molecule has 0 N–H and O–H groups in total. The Morgan fingerprint density at radius 3 is 2.07 bits per heavy atom. The van der Waals surface area contributed by atoms with Crippen LogP contribution in [0.5, 0.6) is 11.5 Å². The van der Waals surface area contributed by atoms with Crippen molar-refractivity contribution in [2.24, 2.45) is 0 Å². The molecule has 0 unspecified atom stereocenters. The standard InChI is InChI=1S/C22H34O5/c1-2-3-4-5-6-7-8-9-20(23)19-10-11-21-22(18-19)27-17-15-25-13-12-24-14-16-26-21/h10-11,18H,2-9,12-17H2,1H3. The van der Waals surface area contributed by atoms with Gasteiger partial charge < -0.3 is 18.9 Å². The van der Waals surface area contributed by atoms with E-state index in [1.54, 1.807) is 6.07 Å². The summed E-state index contributed by atoms with van der Waals surface area (Å²) in [6.45, 7) is 5.19. The second-order valence-corrected chi connectivity index (χ2v) is 6.88. The summed E-state index contributed by atoms with van der Waals surface area (Å²) in [7, 11) is 0. The number of Topliss-reactive ketones (excluding diaryl/α,β-unsaturated/α-hetero) is 1. The van der Waals surface area contributed by atoms with Gasteiger partial charge in [-0.15, -0.1) is 0 Å². The smallest absolute Gasteiger partial charge is 0.163 e. The summed E-state index contributed by atoms with van der Waals surface area (Å²) < 4.78 is 22.4. The minimum atomic E-state index is 0.167. The molecule has 152 valence electrons. The van der Waals surface area contributed by atoms with Crippen LogP contribution < -0.4 is 9.47 Å². The molecule has 5 nitrogen and oxygen atoms in total. The minimum Gasteiger partial charge on any atom is -0.487 e. The van der Waals surface area contributed by atoms with E-state index in [0.29, 0.717) is 63.1 Å². The highest BCUT2D eigenvalue weighted by Gasteiger charge is 2.12. The number of benzene rings is 1. The van der Waals surface area contributed by atoms with Crippen LogP contribution in [-0.4, -0.2) is 45.4 Å². The molecule has 0 spiro atoms. The molecule has 1 heterocycles. The van der Waals surface area contributed by atoms with Crippen LogP contribution in [0.1, 0.15) is 68.6 Å². The molecule has 0 bridgehead atoms. The first kappa shape index (κ1) is 21.7. The van der Waals surface area contributed by atoms with Crippen molar-refractivity contribution in [2.45, 2.75) is 58.3 Å². The van der Waals surface area contributed by atoms with E-state index in [1.165, 1.54) is 32.1 Å². The lowest BCUT2D eigenvalue weighted by molar-refractivity contribution is 0.0223. The van der Waals surface area contributed by atoms with Crippen LogP contribution in [0.25, 0.3) is 0 Å². The van der Waals surface area contributed by atoms with Crippen molar-refractivity contribution in [3.63, 3.8) is 0 Å². The summed E-state index contributed by atoms with van der Waals surface area (Å²) in [4.78, 5) is 12.5. The first-order valence-corrected chi connectivity index (χ1v) is 10.4. The number of carbonyl (C=O) groups excluding carboxylic acids is 1. The zero-order valence-corrected chi connectivity index (χ0v) is 16.7. The van der Waals surface area contributed by atoms with Gasteiger partial charge >= 0.3 is 0 Å². The average molecular weight is 379 g/mol. The van der Waals surface area contributed by atoms with Gasteiger partial charge in [0, 0.05) is 12.0 Å². The van der Waals surface area contributed by atoms with Crippen molar-refractivity contribution in [3.05, 3.63) is 23.8 Å². The Labute approximate surface area is 163 Å². The van der Waals surface area contributed by atoms with Crippen molar-refractivity contribution >= 4 is 5.78 Å². The average Bonchev–Trinajstić information content (AvgIpc) is 2.67. The topological polar surface area (TPSA) is 54.0 Å². The fraction of sp³-hybridized carbons (Fsp3) is 0.682. The molecule has 0 amide bonds. The molecular formula is C22H34O5. The molecule has 1 aromatic rings. The highest BCUT2D eigenvalue weighted by molar-refractivity contribution is 5.96. The maximum atomic E-state index is 12.5. The Morgan fingerprint density at radius 1 is 0.778 bits per heavy atom. The van der Waals surface area contributed by atoms with Crippen LogP contribution in [0.2, 0.25) is 0 Å². The molecule has 0 aromatic heterocycles. The second kappa shape index (κ2) is 13.6. The van der Waals surface area contributed by atoms with Crippen molar-refractivity contribution in [1.82, 2.24) is 0 Å². The highest BCUT2D eigenvalue weighted by atomic mass is 16.6. The number of ketones is 1. The third-order valence-electron chi connectivity index (χ3n) is 4.62. The zero-order chi connectivity index (χ0) is 19.2. The lowest BCUT2D eigenvalue weighted by Gasteiger charge is -2.15. The van der Waals surface area contributed by atoms with E-state index in [4.69, 9.17) is 18.9 Å². The van der Waals surface area contributed by atoms with Crippen molar-refractivity contribution < 1.29 is 23.7 Å². The first-order chi connectivity index (χ1) is 13.3. The number of fused-ring (bicyclic) bond motifs is 1. The van der Waals surface area contributed by atoms with Gasteiger partial charge in [-0.25, -0.2) is 0 Å². The lowest BCUT2D eigenvalue weighted by atomic mass is 10.0. The molecule has 1 aliphatic heterocycles. The van der Waals surface area contributed by atoms with Crippen LogP contribution in [0.4, 0.5) is 0 Å². The number of hydrogen-bond donors (Lipinski definition) is 0. The SMILES string of the molecule is CCCCCCCCCC(=O)c1ccc2c(c1)OCCOCCOCCO2. The van der Waals surface area contributed by atoms with E-state index >= 15 is 0 Å². The molecule has 0 atom stereocenters. The van der Waals surface area contributed by atoms with E-state index in [0.717, 1.165) is 12.8 Å². The summed E-state index contributed by atoms with van der Waals surface area (Å²) in [5.74, 6) is 1.41. The Kier molecular flexibility index (Phi) is 10.9. The second-order valence-electron chi connectivity index (χ2n) is 6.88. The van der Waals surface area contributed by atoms with Gasteiger partial charge in [-0.2, -0.15) is 0 Å². The van der Waals surface area contributed by atoms with Crippen molar-refractivity contribution in [3.8, 4) is 11.5 Å². The van der Waals surface area contributed by atoms with Crippen LogP contribution in [0, 0.1) is 0 Å². The predicted octanol–water partition coefficient (Wildman–Crippen LogP) is 4.81. The van der Waals surface area contributed by atoms with Gasteiger partial charge in [0.1, 0.15) is 13.2 Å².